The summed E-state index contributed by atoms with van der Waals surface area (Å²) in [7, 11) is 0. The largest absolute Gasteiger partial charge is 0.444 e. The highest BCUT2D eigenvalue weighted by Gasteiger charge is 2.46. The summed E-state index contributed by atoms with van der Waals surface area (Å²) in [4.78, 5) is 119. The lowest BCUT2D eigenvalue weighted by Gasteiger charge is -2.35. The van der Waals surface area contributed by atoms with E-state index in [9.17, 15) is 43.2 Å². The number of piperidine rings is 2. The fraction of sp³-hybridized carbons (Fsp3) is 0.625. The number of carbonyl (C=O) groups excluding carboxylic acids is 9. The number of rotatable bonds is 28. The summed E-state index contributed by atoms with van der Waals surface area (Å²) < 4.78 is 38.9. The van der Waals surface area contributed by atoms with Crippen molar-refractivity contribution in [2.45, 2.75) is 71.6 Å². The molecule has 2 aromatic carbocycles. The molecule has 0 radical (unpaired) electrons. The van der Waals surface area contributed by atoms with E-state index in [0.29, 0.717) is 117 Å². The smallest absolute Gasteiger partial charge is 0.410 e. The molecule has 0 saturated carbocycles. The Labute approximate surface area is 478 Å². The summed E-state index contributed by atoms with van der Waals surface area (Å²) in [5.74, 6) is -4.19. The average molecular weight is 1150 g/mol. The van der Waals surface area contributed by atoms with Gasteiger partial charge in [0.1, 0.15) is 17.7 Å². The molecule has 26 heteroatoms. The molecule has 2 aromatic rings. The number of piperazine rings is 2. The van der Waals surface area contributed by atoms with E-state index in [1.807, 2.05) is 20.8 Å². The maximum Gasteiger partial charge on any atom is 0.410 e. The summed E-state index contributed by atoms with van der Waals surface area (Å²) in [6.07, 6.45) is 0.156. The molecule has 82 heavy (non-hydrogen) atoms. The third kappa shape index (κ3) is 19.0. The Morgan fingerprint density at radius 3 is 1.29 bits per heavy atom. The number of nitrogens with zero attached hydrogens (tertiary/aromatic N) is 5. The van der Waals surface area contributed by atoms with Gasteiger partial charge in [0.05, 0.1) is 102 Å². The van der Waals surface area contributed by atoms with E-state index in [0.717, 1.165) is 62.2 Å². The first-order valence-electron chi connectivity index (χ1n) is 27.9. The number of anilines is 2. The minimum atomic E-state index is -0.987. The quantitative estimate of drug-likeness (QED) is 0.0591. The summed E-state index contributed by atoms with van der Waals surface area (Å²) in [5, 5.41) is 14.0. The molecular weight excluding hydrogens is 1070 g/mol. The van der Waals surface area contributed by atoms with E-state index in [2.05, 4.69) is 36.4 Å². The highest BCUT2D eigenvalue weighted by atomic mass is 16.6. The molecule has 2 unspecified atom stereocenters. The van der Waals surface area contributed by atoms with E-state index in [-0.39, 0.29) is 61.5 Å². The minimum Gasteiger partial charge on any atom is -0.444 e. The zero-order chi connectivity index (χ0) is 57.7. The van der Waals surface area contributed by atoms with Gasteiger partial charge >= 0.3 is 6.09 Å². The van der Waals surface area contributed by atoms with Crippen molar-refractivity contribution in [2.75, 3.05) is 168 Å². The Morgan fingerprint density at radius 2 is 0.890 bits per heavy atom. The molecule has 2 atom stereocenters. The van der Waals surface area contributed by atoms with Gasteiger partial charge in [-0.15, -0.1) is 0 Å². The van der Waals surface area contributed by atoms with Gasteiger partial charge in [-0.25, -0.2) is 4.79 Å². The van der Waals surface area contributed by atoms with Crippen LogP contribution in [0.1, 0.15) is 95.3 Å². The van der Waals surface area contributed by atoms with E-state index in [4.69, 9.17) is 33.2 Å². The standard InChI is InChI=1S/C30H43N5O9.C25H35N5O7.CH4/c1-30(2,3)44-29(40)34-11-9-33(10-12-34)13-15-42-17-19-43-18-16-41-14-8-31-21-4-5-22-23(20-21)28(39)35(27(22)38)24-6-7-25(36)32-26(24)37;31-22-4-3-21(23(32)28-22)30-24(33)19-2-1-18(17-20(19)25(30)34)27-7-11-35-13-15-37-16-14-36-12-10-29-8-5-26-6-9-29;/h4-5,20,24,31H,6-19H2,1-3H3,(H,32,36,37);1-2,17,21,26-27H,3-16H2,(H,28,31,32);1H4. The third-order valence-corrected chi connectivity index (χ3v) is 13.9. The molecule has 9 amide bonds. The molecule has 8 rings (SSSR count). The van der Waals surface area contributed by atoms with E-state index >= 15 is 0 Å². The van der Waals surface area contributed by atoms with Gasteiger partial charge in [0.2, 0.25) is 23.6 Å². The lowest BCUT2D eigenvalue weighted by Crippen LogP contribution is -2.54. The normalized spacial score (nSPS) is 19.5. The molecule has 6 heterocycles. The van der Waals surface area contributed by atoms with Crippen LogP contribution in [0.25, 0.3) is 0 Å². The van der Waals surface area contributed by atoms with E-state index < -0.39 is 64.9 Å². The van der Waals surface area contributed by atoms with Gasteiger partial charge < -0.3 is 54.0 Å². The second kappa shape index (κ2) is 32.4. The van der Waals surface area contributed by atoms with E-state index in [1.165, 1.54) is 0 Å². The lowest BCUT2D eigenvalue weighted by atomic mass is 10.0. The average Bonchev–Trinajstić information content (AvgIpc) is 3.95. The first-order chi connectivity index (χ1) is 39.1. The fourth-order valence-corrected chi connectivity index (χ4v) is 9.58. The molecule has 0 aliphatic carbocycles. The van der Waals surface area contributed by atoms with Crippen molar-refractivity contribution in [3.8, 4) is 0 Å². The Kier molecular flexibility index (Phi) is 25.5. The Balaban J connectivity index is 0.000000264. The molecule has 6 aliphatic rings. The van der Waals surface area contributed by atoms with Crippen LogP contribution in [0.5, 0.6) is 0 Å². The SMILES string of the molecule is C.CC(C)(C)OC(=O)N1CCN(CCOCCOCCOCCNc2ccc3c(c2)C(=O)N(C2CCC(=O)NC2=O)C3=O)CC1.O=C1CCC(N2C(=O)c3ccc(NCCOCCOCCOCCN4CCNCC4)cc3C2=O)C(=O)N1. The summed E-state index contributed by atoms with van der Waals surface area (Å²) in [6.45, 7) is 21.4. The second-order valence-corrected chi connectivity index (χ2v) is 20.8. The van der Waals surface area contributed by atoms with Crippen molar-refractivity contribution >= 4 is 64.7 Å². The highest BCUT2D eigenvalue weighted by molar-refractivity contribution is 6.24. The van der Waals surface area contributed by atoms with Gasteiger partial charge in [-0.2, -0.15) is 0 Å². The topological polar surface area (TPSA) is 295 Å². The van der Waals surface area contributed by atoms with Crippen LogP contribution < -0.4 is 26.6 Å². The predicted molar refractivity (Wildman–Crippen MR) is 298 cm³/mol. The van der Waals surface area contributed by atoms with Crippen LogP contribution in [-0.4, -0.2) is 253 Å². The number of ether oxygens (including phenoxy) is 7. The Morgan fingerprint density at radius 1 is 0.512 bits per heavy atom. The minimum absolute atomic E-state index is 0. The van der Waals surface area contributed by atoms with Crippen molar-refractivity contribution in [2.24, 2.45) is 0 Å². The van der Waals surface area contributed by atoms with Gasteiger partial charge in [-0.05, 0) is 70.0 Å². The van der Waals surface area contributed by atoms with Crippen LogP contribution in [0.2, 0.25) is 0 Å². The van der Waals surface area contributed by atoms with Gasteiger partial charge in [0.25, 0.3) is 23.6 Å². The number of carbonyl (C=O) groups is 9. The zero-order valence-electron chi connectivity index (χ0n) is 46.7. The number of imide groups is 4. The number of fused-ring (bicyclic) bond motifs is 2. The van der Waals surface area contributed by atoms with Crippen LogP contribution in [-0.2, 0) is 52.3 Å². The first-order valence-corrected chi connectivity index (χ1v) is 27.9. The van der Waals surface area contributed by atoms with Crippen molar-refractivity contribution < 1.29 is 76.3 Å². The summed E-state index contributed by atoms with van der Waals surface area (Å²) >= 11 is 0. The molecule has 0 bridgehead atoms. The lowest BCUT2D eigenvalue weighted by molar-refractivity contribution is -0.137. The first kappa shape index (κ1) is 64.7. The van der Waals surface area contributed by atoms with Gasteiger partial charge in [0, 0.05) is 103 Å². The molecule has 0 spiro atoms. The fourth-order valence-electron chi connectivity index (χ4n) is 9.58. The Hall–Kier alpha value is -6.49. The number of benzene rings is 2. The molecule has 0 aromatic heterocycles. The highest BCUT2D eigenvalue weighted by Crippen LogP contribution is 2.31. The van der Waals surface area contributed by atoms with E-state index in [1.54, 1.807) is 41.3 Å². The third-order valence-electron chi connectivity index (χ3n) is 13.9. The maximum absolute atomic E-state index is 12.9. The van der Waals surface area contributed by atoms with Gasteiger partial charge in [0.15, 0.2) is 0 Å². The van der Waals surface area contributed by atoms with Crippen molar-refractivity contribution in [3.63, 3.8) is 0 Å². The number of amides is 9. The van der Waals surface area contributed by atoms with Gasteiger partial charge in [-0.1, -0.05) is 7.43 Å². The maximum atomic E-state index is 12.9. The van der Waals surface area contributed by atoms with Gasteiger partial charge in [-0.3, -0.25) is 68.6 Å². The molecular formula is C56H82N10O16. The summed E-state index contributed by atoms with van der Waals surface area (Å²) in [5.41, 5.74) is 1.78. The van der Waals surface area contributed by atoms with Crippen LogP contribution >= 0.6 is 0 Å². The van der Waals surface area contributed by atoms with Crippen LogP contribution in [0.3, 0.4) is 0 Å². The number of nitrogens with one attached hydrogen (secondary N) is 5. The summed E-state index contributed by atoms with van der Waals surface area (Å²) in [6, 6.07) is 7.78. The molecule has 452 valence electrons. The molecule has 4 saturated heterocycles. The van der Waals surface area contributed by atoms with Crippen molar-refractivity contribution in [1.29, 1.82) is 0 Å². The molecule has 6 aliphatic heterocycles. The Bertz CT molecular complexity index is 2530. The monoisotopic (exact) mass is 1150 g/mol. The van der Waals surface area contributed by atoms with Crippen LogP contribution in [0, 0.1) is 0 Å². The molecule has 26 nitrogen and oxygen atoms in total. The van der Waals surface area contributed by atoms with Crippen LogP contribution in [0.15, 0.2) is 36.4 Å². The predicted octanol–water partition coefficient (Wildman–Crippen LogP) is 1.19. The van der Waals surface area contributed by atoms with Crippen molar-refractivity contribution in [3.05, 3.63) is 58.7 Å². The number of hydrogen-bond acceptors (Lipinski definition) is 21. The molecule has 4 fully saturated rings. The van der Waals surface area contributed by atoms with Crippen molar-refractivity contribution in [1.82, 2.24) is 40.4 Å². The molecule has 5 N–H and O–H groups in total. The van der Waals surface area contributed by atoms with Crippen LogP contribution in [0.4, 0.5) is 16.2 Å². The number of hydrogen-bond donors (Lipinski definition) is 5. The second-order valence-electron chi connectivity index (χ2n) is 20.8. The zero-order valence-corrected chi connectivity index (χ0v) is 46.7.